The Labute approximate surface area is 189 Å². The standard InChI is InChI=1S/C28H23ClN2/c1-4-21-8-10-22(11-9-21)16-28-30-13-12-26(31-28)18-27-19(2)14-24(15-20(27)3)23-6-5-7-25(29)17-23/h1,5-15,17H,16,18H2,2-3H3. The lowest BCUT2D eigenvalue weighted by molar-refractivity contribution is 0.912. The number of benzene rings is 3. The summed E-state index contributed by atoms with van der Waals surface area (Å²) in [7, 11) is 0. The van der Waals surface area contributed by atoms with Gasteiger partial charge in [-0.25, -0.2) is 9.97 Å². The first-order valence-electron chi connectivity index (χ1n) is 10.2. The third-order valence-electron chi connectivity index (χ3n) is 5.46. The fraction of sp³-hybridized carbons (Fsp3) is 0.143. The third-order valence-corrected chi connectivity index (χ3v) is 5.69. The molecule has 2 nitrogen and oxygen atoms in total. The summed E-state index contributed by atoms with van der Waals surface area (Å²) in [5.74, 6) is 3.46. The Kier molecular flexibility index (Phi) is 6.16. The minimum atomic E-state index is 0.685. The summed E-state index contributed by atoms with van der Waals surface area (Å²) >= 11 is 6.18. The summed E-state index contributed by atoms with van der Waals surface area (Å²) in [4.78, 5) is 9.27. The Morgan fingerprint density at radius 1 is 0.871 bits per heavy atom. The fourth-order valence-corrected chi connectivity index (χ4v) is 4.00. The van der Waals surface area contributed by atoms with Crippen LogP contribution in [0.5, 0.6) is 0 Å². The van der Waals surface area contributed by atoms with Crippen molar-refractivity contribution in [2.75, 3.05) is 0 Å². The molecule has 0 radical (unpaired) electrons. The van der Waals surface area contributed by atoms with Crippen LogP contribution in [0.25, 0.3) is 11.1 Å². The van der Waals surface area contributed by atoms with Crippen molar-refractivity contribution in [2.45, 2.75) is 26.7 Å². The molecule has 0 saturated heterocycles. The molecule has 152 valence electrons. The molecule has 4 rings (SSSR count). The number of halogens is 1. The molecular weight excluding hydrogens is 400 g/mol. The molecule has 1 heterocycles. The first-order chi connectivity index (χ1) is 15.0. The van der Waals surface area contributed by atoms with Gasteiger partial charge < -0.3 is 0 Å². The molecule has 4 aromatic rings. The highest BCUT2D eigenvalue weighted by Crippen LogP contribution is 2.28. The SMILES string of the molecule is C#Cc1ccc(Cc2nccc(Cc3c(C)cc(-c4cccc(Cl)c4)cc3C)n2)cc1. The fourth-order valence-electron chi connectivity index (χ4n) is 3.81. The first kappa shape index (κ1) is 20.8. The second kappa shape index (κ2) is 9.16. The van der Waals surface area contributed by atoms with Crippen molar-refractivity contribution < 1.29 is 0 Å². The lowest BCUT2D eigenvalue weighted by Crippen LogP contribution is -2.03. The maximum Gasteiger partial charge on any atom is 0.132 e. The summed E-state index contributed by atoms with van der Waals surface area (Å²) in [6.45, 7) is 4.32. The predicted molar refractivity (Wildman–Crippen MR) is 128 cm³/mol. The molecule has 0 fully saturated rings. The second-order valence-corrected chi connectivity index (χ2v) is 8.19. The monoisotopic (exact) mass is 422 g/mol. The molecule has 0 unspecified atom stereocenters. The maximum absolute atomic E-state index is 6.18. The van der Waals surface area contributed by atoms with E-state index in [-0.39, 0.29) is 0 Å². The zero-order chi connectivity index (χ0) is 21.8. The first-order valence-corrected chi connectivity index (χ1v) is 10.6. The van der Waals surface area contributed by atoms with Gasteiger partial charge in [0.2, 0.25) is 0 Å². The molecule has 0 aliphatic heterocycles. The summed E-state index contributed by atoms with van der Waals surface area (Å²) < 4.78 is 0. The number of hydrogen-bond donors (Lipinski definition) is 0. The molecule has 3 heteroatoms. The van der Waals surface area contributed by atoms with E-state index in [9.17, 15) is 0 Å². The van der Waals surface area contributed by atoms with Crippen molar-refractivity contribution in [3.63, 3.8) is 0 Å². The molecule has 0 atom stereocenters. The van der Waals surface area contributed by atoms with E-state index in [2.05, 4.69) is 43.0 Å². The maximum atomic E-state index is 6.18. The molecule has 0 amide bonds. The molecule has 3 aromatic carbocycles. The predicted octanol–water partition coefficient (Wildman–Crippen LogP) is 6.58. The topological polar surface area (TPSA) is 25.8 Å². The van der Waals surface area contributed by atoms with E-state index in [4.69, 9.17) is 23.0 Å². The van der Waals surface area contributed by atoms with Crippen molar-refractivity contribution in [1.29, 1.82) is 0 Å². The van der Waals surface area contributed by atoms with Gasteiger partial charge in [-0.3, -0.25) is 0 Å². The van der Waals surface area contributed by atoms with Gasteiger partial charge in [0.1, 0.15) is 5.82 Å². The van der Waals surface area contributed by atoms with Crippen molar-refractivity contribution in [3.05, 3.63) is 117 Å². The smallest absolute Gasteiger partial charge is 0.132 e. The van der Waals surface area contributed by atoms with Crippen molar-refractivity contribution in [3.8, 4) is 23.5 Å². The lowest BCUT2D eigenvalue weighted by atomic mass is 9.93. The number of hydrogen-bond acceptors (Lipinski definition) is 2. The van der Waals surface area contributed by atoms with Gasteiger partial charge in [-0.2, -0.15) is 0 Å². The second-order valence-electron chi connectivity index (χ2n) is 7.76. The Balaban J connectivity index is 1.56. The Bertz CT molecular complexity index is 1240. The number of terminal acetylenes is 1. The molecule has 0 spiro atoms. The molecule has 0 saturated carbocycles. The largest absolute Gasteiger partial charge is 0.241 e. The van der Waals surface area contributed by atoms with Crippen LogP contribution in [0, 0.1) is 26.2 Å². The van der Waals surface area contributed by atoms with Crippen LogP contribution in [0.2, 0.25) is 5.02 Å². The summed E-state index contributed by atoms with van der Waals surface area (Å²) in [6.07, 6.45) is 8.75. The summed E-state index contributed by atoms with van der Waals surface area (Å²) in [5, 5.41) is 0.749. The highest BCUT2D eigenvalue weighted by atomic mass is 35.5. The minimum absolute atomic E-state index is 0.685. The van der Waals surface area contributed by atoms with Crippen LogP contribution >= 0.6 is 11.6 Å². The van der Waals surface area contributed by atoms with Crippen molar-refractivity contribution in [1.82, 2.24) is 9.97 Å². The number of aryl methyl sites for hydroxylation is 2. The lowest BCUT2D eigenvalue weighted by Gasteiger charge is -2.13. The molecule has 1 aromatic heterocycles. The molecule has 0 aliphatic rings. The average Bonchev–Trinajstić information content (AvgIpc) is 2.77. The average molecular weight is 423 g/mol. The van der Waals surface area contributed by atoms with E-state index in [1.54, 1.807) is 0 Å². The Morgan fingerprint density at radius 2 is 1.61 bits per heavy atom. The van der Waals surface area contributed by atoms with Gasteiger partial charge in [0.15, 0.2) is 0 Å². The summed E-state index contributed by atoms with van der Waals surface area (Å²) in [5.41, 5.74) is 9.16. The van der Waals surface area contributed by atoms with Gasteiger partial charge in [-0.05, 0) is 77.6 Å². The van der Waals surface area contributed by atoms with Crippen molar-refractivity contribution in [2.24, 2.45) is 0 Å². The normalized spacial score (nSPS) is 10.6. The minimum Gasteiger partial charge on any atom is -0.241 e. The van der Waals surface area contributed by atoms with Crippen LogP contribution < -0.4 is 0 Å². The zero-order valence-electron chi connectivity index (χ0n) is 17.7. The van der Waals surface area contributed by atoms with Crippen LogP contribution in [0.3, 0.4) is 0 Å². The van der Waals surface area contributed by atoms with E-state index < -0.39 is 0 Å². The van der Waals surface area contributed by atoms with Gasteiger partial charge in [0.05, 0.1) is 0 Å². The van der Waals surface area contributed by atoms with Gasteiger partial charge in [-0.15, -0.1) is 6.42 Å². The Morgan fingerprint density at radius 3 is 2.29 bits per heavy atom. The van der Waals surface area contributed by atoms with E-state index in [0.717, 1.165) is 39.7 Å². The molecular formula is C28H23ClN2. The van der Waals surface area contributed by atoms with Crippen LogP contribution in [0.15, 0.2) is 72.9 Å². The Hall–Kier alpha value is -3.41. The van der Waals surface area contributed by atoms with E-state index >= 15 is 0 Å². The van der Waals surface area contributed by atoms with Crippen LogP contribution in [-0.4, -0.2) is 9.97 Å². The van der Waals surface area contributed by atoms with E-state index in [1.165, 1.54) is 22.3 Å². The molecule has 0 aliphatic carbocycles. The van der Waals surface area contributed by atoms with Gasteiger partial charge >= 0.3 is 0 Å². The van der Waals surface area contributed by atoms with Crippen LogP contribution in [-0.2, 0) is 12.8 Å². The molecule has 31 heavy (non-hydrogen) atoms. The van der Waals surface area contributed by atoms with E-state index in [1.807, 2.05) is 54.7 Å². The quantitative estimate of drug-likeness (QED) is 0.339. The number of aromatic nitrogens is 2. The zero-order valence-corrected chi connectivity index (χ0v) is 18.4. The number of rotatable bonds is 5. The van der Waals surface area contributed by atoms with Crippen LogP contribution in [0.4, 0.5) is 0 Å². The van der Waals surface area contributed by atoms with E-state index in [0.29, 0.717) is 6.42 Å². The highest BCUT2D eigenvalue weighted by molar-refractivity contribution is 6.30. The summed E-state index contributed by atoms with van der Waals surface area (Å²) in [6, 6.07) is 22.4. The van der Waals surface area contributed by atoms with Gasteiger partial charge in [0, 0.05) is 35.3 Å². The van der Waals surface area contributed by atoms with Crippen LogP contribution in [0.1, 0.15) is 39.3 Å². The van der Waals surface area contributed by atoms with Gasteiger partial charge in [0.25, 0.3) is 0 Å². The number of nitrogens with zero attached hydrogens (tertiary/aromatic N) is 2. The highest BCUT2D eigenvalue weighted by Gasteiger charge is 2.10. The third kappa shape index (κ3) is 5.02. The van der Waals surface area contributed by atoms with Crippen molar-refractivity contribution >= 4 is 11.6 Å². The molecule has 0 N–H and O–H groups in total. The molecule has 0 bridgehead atoms. The van der Waals surface area contributed by atoms with Gasteiger partial charge in [-0.1, -0.05) is 53.9 Å².